The summed E-state index contributed by atoms with van der Waals surface area (Å²) in [7, 11) is 2.07. The maximum atomic E-state index is 12.4. The van der Waals surface area contributed by atoms with Crippen molar-refractivity contribution in [2.45, 2.75) is 25.3 Å². The lowest BCUT2D eigenvalue weighted by Crippen LogP contribution is -2.47. The minimum atomic E-state index is -0.164. The van der Waals surface area contributed by atoms with Crippen LogP contribution in [0, 0.1) is 0 Å². The minimum Gasteiger partial charge on any atom is -0.359 e. The number of rotatable bonds is 6. The van der Waals surface area contributed by atoms with Gasteiger partial charge in [-0.3, -0.25) is 9.59 Å². The molecule has 2 amide bonds. The van der Waals surface area contributed by atoms with Crippen molar-refractivity contribution in [1.29, 1.82) is 0 Å². The van der Waals surface area contributed by atoms with Gasteiger partial charge in [0, 0.05) is 37.9 Å². The molecule has 1 aromatic heterocycles. The van der Waals surface area contributed by atoms with E-state index < -0.39 is 0 Å². The van der Waals surface area contributed by atoms with Gasteiger partial charge in [-0.1, -0.05) is 23.5 Å². The molecule has 2 heterocycles. The third-order valence-corrected chi connectivity index (χ3v) is 5.98. The van der Waals surface area contributed by atoms with Gasteiger partial charge in [-0.25, -0.2) is 4.98 Å². The van der Waals surface area contributed by atoms with Gasteiger partial charge >= 0.3 is 0 Å². The third-order valence-electron chi connectivity index (χ3n) is 5.06. The highest BCUT2D eigenvalue weighted by Crippen LogP contribution is 2.27. The maximum Gasteiger partial charge on any atom is 0.267 e. The Balaban J connectivity index is 1.29. The van der Waals surface area contributed by atoms with E-state index in [9.17, 15) is 9.59 Å². The fraction of sp³-hybridized carbons (Fsp3) is 0.450. The molecular weight excluding hydrogens is 374 g/mol. The van der Waals surface area contributed by atoms with Crippen molar-refractivity contribution in [2.24, 2.45) is 0 Å². The largest absolute Gasteiger partial charge is 0.359 e. The number of amides is 2. The average molecular weight is 400 g/mol. The van der Waals surface area contributed by atoms with Crippen molar-refractivity contribution >= 4 is 34.0 Å². The minimum absolute atomic E-state index is 0.158. The second kappa shape index (κ2) is 8.28. The van der Waals surface area contributed by atoms with Crippen molar-refractivity contribution < 1.29 is 9.59 Å². The summed E-state index contributed by atoms with van der Waals surface area (Å²) in [6.07, 6.45) is 4.34. The molecule has 2 N–H and O–H groups in total. The number of hydrogen-bond donors (Lipinski definition) is 2. The van der Waals surface area contributed by atoms with Gasteiger partial charge in [0.1, 0.15) is 4.88 Å². The van der Waals surface area contributed by atoms with Crippen LogP contribution >= 0.6 is 11.3 Å². The lowest BCUT2D eigenvalue weighted by atomic mass is 10.1. The zero-order valence-electron chi connectivity index (χ0n) is 16.0. The molecule has 148 valence electrons. The zero-order chi connectivity index (χ0) is 19.5. The number of aromatic nitrogens is 1. The fourth-order valence-corrected chi connectivity index (χ4v) is 3.88. The van der Waals surface area contributed by atoms with Gasteiger partial charge in [0.15, 0.2) is 5.13 Å². The van der Waals surface area contributed by atoms with E-state index >= 15 is 0 Å². The smallest absolute Gasteiger partial charge is 0.267 e. The van der Waals surface area contributed by atoms with E-state index in [4.69, 9.17) is 0 Å². The van der Waals surface area contributed by atoms with Crippen molar-refractivity contribution in [3.05, 3.63) is 40.9 Å². The Kier molecular flexibility index (Phi) is 5.59. The number of carbonyl (C=O) groups excluding carboxylic acids is 2. The predicted molar refractivity (Wildman–Crippen MR) is 111 cm³/mol. The highest BCUT2D eigenvalue weighted by Gasteiger charge is 2.23. The van der Waals surface area contributed by atoms with E-state index in [0.717, 1.165) is 36.9 Å². The van der Waals surface area contributed by atoms with Crippen LogP contribution in [-0.2, 0) is 11.2 Å². The van der Waals surface area contributed by atoms with Crippen LogP contribution in [-0.4, -0.2) is 65.9 Å². The van der Waals surface area contributed by atoms with Crippen LogP contribution in [0.1, 0.15) is 28.1 Å². The van der Waals surface area contributed by atoms with Crippen LogP contribution in [0.15, 0.2) is 30.5 Å². The monoisotopic (exact) mass is 399 g/mol. The molecule has 0 unspecified atom stereocenters. The molecule has 1 aromatic carbocycles. The molecule has 0 bridgehead atoms. The number of benzene rings is 1. The van der Waals surface area contributed by atoms with Gasteiger partial charge in [0.05, 0.1) is 12.6 Å². The standard InChI is InChI=1S/C20H25N5O2S/c1-24-8-10-25(11-9-24)18(26)12-14-2-4-15(5-3-14)22-19(27)17-13-21-20(28-17)23-16-6-7-16/h2-5,13,16H,6-12H2,1H3,(H,21,23)(H,22,27). The van der Waals surface area contributed by atoms with Gasteiger partial charge in [-0.15, -0.1) is 0 Å². The first kappa shape index (κ1) is 18.9. The molecule has 0 spiro atoms. The van der Waals surface area contributed by atoms with Gasteiger partial charge in [-0.05, 0) is 37.6 Å². The van der Waals surface area contributed by atoms with Gasteiger partial charge in [-0.2, -0.15) is 0 Å². The Morgan fingerprint density at radius 1 is 1.14 bits per heavy atom. The topological polar surface area (TPSA) is 77.6 Å². The lowest BCUT2D eigenvalue weighted by Gasteiger charge is -2.32. The molecule has 1 aliphatic carbocycles. The first-order valence-corrected chi connectivity index (χ1v) is 10.5. The molecule has 0 atom stereocenters. The Morgan fingerprint density at radius 3 is 2.54 bits per heavy atom. The van der Waals surface area contributed by atoms with Gasteiger partial charge in [0.25, 0.3) is 5.91 Å². The Bertz CT molecular complexity index is 839. The molecule has 8 heteroatoms. The summed E-state index contributed by atoms with van der Waals surface area (Å²) in [6.45, 7) is 3.42. The van der Waals surface area contributed by atoms with E-state index in [-0.39, 0.29) is 11.8 Å². The van der Waals surface area contributed by atoms with Crippen LogP contribution in [0.25, 0.3) is 0 Å². The third kappa shape index (κ3) is 4.88. The summed E-state index contributed by atoms with van der Waals surface area (Å²) in [5.74, 6) is -0.00662. The Labute approximate surface area is 168 Å². The number of nitrogens with one attached hydrogen (secondary N) is 2. The number of anilines is 2. The molecule has 4 rings (SSSR count). The summed E-state index contributed by atoms with van der Waals surface area (Å²) in [4.78, 5) is 33.8. The number of likely N-dealkylation sites (N-methyl/N-ethyl adjacent to an activating group) is 1. The second-order valence-electron chi connectivity index (χ2n) is 7.46. The van der Waals surface area contributed by atoms with Crippen molar-refractivity contribution in [3.63, 3.8) is 0 Å². The second-order valence-corrected chi connectivity index (χ2v) is 8.49. The number of carbonyl (C=O) groups is 2. The number of thiazole rings is 1. The molecule has 1 saturated heterocycles. The van der Waals surface area contributed by atoms with Crippen LogP contribution in [0.3, 0.4) is 0 Å². The summed E-state index contributed by atoms with van der Waals surface area (Å²) in [5.41, 5.74) is 1.67. The highest BCUT2D eigenvalue weighted by molar-refractivity contribution is 7.17. The molecular formula is C20H25N5O2S. The molecule has 1 saturated carbocycles. The summed E-state index contributed by atoms with van der Waals surface area (Å²) >= 11 is 1.37. The number of piperazine rings is 1. The Hall–Kier alpha value is -2.45. The summed E-state index contributed by atoms with van der Waals surface area (Å²) < 4.78 is 0. The molecule has 28 heavy (non-hydrogen) atoms. The van der Waals surface area contributed by atoms with Crippen LogP contribution < -0.4 is 10.6 Å². The molecule has 2 fully saturated rings. The van der Waals surface area contributed by atoms with Crippen molar-refractivity contribution in [2.75, 3.05) is 43.9 Å². The zero-order valence-corrected chi connectivity index (χ0v) is 16.8. The van der Waals surface area contributed by atoms with E-state index in [2.05, 4.69) is 27.6 Å². The maximum absolute atomic E-state index is 12.4. The van der Waals surface area contributed by atoms with Crippen molar-refractivity contribution in [1.82, 2.24) is 14.8 Å². The first-order valence-electron chi connectivity index (χ1n) is 9.66. The number of hydrogen-bond acceptors (Lipinski definition) is 6. The fourth-order valence-electron chi connectivity index (χ4n) is 3.09. The molecule has 2 aromatic rings. The van der Waals surface area contributed by atoms with Gasteiger partial charge < -0.3 is 20.4 Å². The molecule has 1 aliphatic heterocycles. The number of nitrogens with zero attached hydrogens (tertiary/aromatic N) is 3. The van der Waals surface area contributed by atoms with Crippen LogP contribution in [0.4, 0.5) is 10.8 Å². The summed E-state index contributed by atoms with van der Waals surface area (Å²) in [5, 5.41) is 6.99. The van der Waals surface area contributed by atoms with Crippen LogP contribution in [0.2, 0.25) is 0 Å². The summed E-state index contributed by atoms with van der Waals surface area (Å²) in [6, 6.07) is 8.00. The van der Waals surface area contributed by atoms with E-state index in [1.165, 1.54) is 24.2 Å². The van der Waals surface area contributed by atoms with Crippen LogP contribution in [0.5, 0.6) is 0 Å². The average Bonchev–Trinajstić information content (AvgIpc) is 3.38. The Morgan fingerprint density at radius 2 is 1.86 bits per heavy atom. The predicted octanol–water partition coefficient (Wildman–Crippen LogP) is 2.29. The first-order chi connectivity index (χ1) is 13.6. The molecule has 2 aliphatic rings. The van der Waals surface area contributed by atoms with Gasteiger partial charge in [0.2, 0.25) is 5.91 Å². The molecule has 7 nitrogen and oxygen atoms in total. The van der Waals surface area contributed by atoms with E-state index in [0.29, 0.717) is 23.0 Å². The van der Waals surface area contributed by atoms with E-state index in [1.807, 2.05) is 29.2 Å². The van der Waals surface area contributed by atoms with E-state index in [1.54, 1.807) is 6.20 Å². The van der Waals surface area contributed by atoms with Crippen molar-refractivity contribution in [3.8, 4) is 0 Å². The SMILES string of the molecule is CN1CCN(C(=O)Cc2ccc(NC(=O)c3cnc(NC4CC4)s3)cc2)CC1. The quantitative estimate of drug-likeness (QED) is 0.779. The normalized spacial score (nSPS) is 17.4. The highest BCUT2D eigenvalue weighted by atomic mass is 32.1. The molecule has 0 radical (unpaired) electrons. The lowest BCUT2D eigenvalue weighted by molar-refractivity contribution is -0.132.